The van der Waals surface area contributed by atoms with Crippen molar-refractivity contribution in [3.05, 3.63) is 35.4 Å². The van der Waals surface area contributed by atoms with E-state index in [0.717, 1.165) is 25.7 Å². The van der Waals surface area contributed by atoms with Crippen LogP contribution in [0.4, 0.5) is 0 Å². The van der Waals surface area contributed by atoms with E-state index in [1.165, 1.54) is 6.42 Å². The number of rotatable bonds is 3. The number of thiol groups is 1. The number of hydrogen-bond acceptors (Lipinski definition) is 2. The third-order valence-corrected chi connectivity index (χ3v) is 3.58. The van der Waals surface area contributed by atoms with Crippen LogP contribution >= 0.6 is 12.6 Å². The van der Waals surface area contributed by atoms with Crippen LogP contribution in [-0.4, -0.2) is 17.1 Å². The van der Waals surface area contributed by atoms with Crippen LogP contribution in [-0.2, 0) is 0 Å². The molecule has 1 N–H and O–H groups in total. The molecule has 0 unspecified atom stereocenters. The molecule has 0 saturated heterocycles. The quantitative estimate of drug-likeness (QED) is 0.824. The largest absolute Gasteiger partial charge is 0.349 e. The number of amides is 1. The van der Waals surface area contributed by atoms with Crippen LogP contribution < -0.4 is 5.32 Å². The fraction of sp³-hybridized carbons (Fsp3) is 0.429. The average Bonchev–Trinajstić information content (AvgIpc) is 2.40. The number of hydrogen-bond donors (Lipinski definition) is 2. The molecular formula is C14H17NO2S. The first-order chi connectivity index (χ1) is 8.68. The minimum atomic E-state index is -0.371. The van der Waals surface area contributed by atoms with Crippen molar-refractivity contribution in [2.24, 2.45) is 0 Å². The Morgan fingerprint density at radius 1 is 1.06 bits per heavy atom. The predicted octanol–water partition coefficient (Wildman–Crippen LogP) is 2.82. The Morgan fingerprint density at radius 3 is 2.28 bits per heavy atom. The third-order valence-electron chi connectivity index (χ3n) is 3.34. The van der Waals surface area contributed by atoms with E-state index in [0.29, 0.717) is 11.1 Å². The number of carbonyl (C=O) groups excluding carboxylic acids is 2. The van der Waals surface area contributed by atoms with Crippen molar-refractivity contribution in [1.82, 2.24) is 5.32 Å². The fourth-order valence-electron chi connectivity index (χ4n) is 2.38. The monoisotopic (exact) mass is 263 g/mol. The van der Waals surface area contributed by atoms with Crippen molar-refractivity contribution in [2.75, 3.05) is 0 Å². The topological polar surface area (TPSA) is 46.2 Å². The molecule has 0 aliphatic heterocycles. The van der Waals surface area contributed by atoms with Gasteiger partial charge in [-0.3, -0.25) is 9.59 Å². The fourth-order valence-corrected chi connectivity index (χ4v) is 2.57. The molecule has 1 aliphatic carbocycles. The normalized spacial score (nSPS) is 16.3. The van der Waals surface area contributed by atoms with Crippen molar-refractivity contribution in [3.63, 3.8) is 0 Å². The van der Waals surface area contributed by atoms with Gasteiger partial charge >= 0.3 is 0 Å². The Balaban J connectivity index is 2.10. The molecule has 2 rings (SSSR count). The van der Waals surface area contributed by atoms with Gasteiger partial charge in [-0.15, -0.1) is 12.6 Å². The summed E-state index contributed by atoms with van der Waals surface area (Å²) >= 11 is 3.80. The first kappa shape index (κ1) is 13.1. The van der Waals surface area contributed by atoms with E-state index in [9.17, 15) is 9.59 Å². The van der Waals surface area contributed by atoms with Crippen LogP contribution in [0.15, 0.2) is 24.3 Å². The lowest BCUT2D eigenvalue weighted by Crippen LogP contribution is -2.36. The summed E-state index contributed by atoms with van der Waals surface area (Å²) in [5.74, 6) is -0.167. The summed E-state index contributed by atoms with van der Waals surface area (Å²) in [4.78, 5) is 23.5. The molecule has 0 aromatic heterocycles. The van der Waals surface area contributed by atoms with Gasteiger partial charge in [0.2, 0.25) is 5.12 Å². The van der Waals surface area contributed by atoms with Gasteiger partial charge in [0.05, 0.1) is 5.56 Å². The van der Waals surface area contributed by atoms with Crippen molar-refractivity contribution in [3.8, 4) is 0 Å². The van der Waals surface area contributed by atoms with Gasteiger partial charge in [-0.1, -0.05) is 31.4 Å². The molecule has 0 spiro atoms. The maximum Gasteiger partial charge on any atom is 0.252 e. The molecule has 1 fully saturated rings. The van der Waals surface area contributed by atoms with E-state index < -0.39 is 0 Å². The number of carbonyl (C=O) groups is 2. The van der Waals surface area contributed by atoms with E-state index in [2.05, 4.69) is 17.9 Å². The second kappa shape index (κ2) is 6.05. The van der Waals surface area contributed by atoms with Gasteiger partial charge in [0.15, 0.2) is 0 Å². The number of nitrogens with one attached hydrogen (secondary N) is 1. The summed E-state index contributed by atoms with van der Waals surface area (Å²) in [6, 6.07) is 7.04. The van der Waals surface area contributed by atoms with Gasteiger partial charge in [0, 0.05) is 11.6 Å². The SMILES string of the molecule is O=C(S)c1ccccc1C(=O)NC1CCCCC1. The lowest BCUT2D eigenvalue weighted by molar-refractivity contribution is 0.0921. The van der Waals surface area contributed by atoms with Crippen molar-refractivity contribution >= 4 is 23.7 Å². The van der Waals surface area contributed by atoms with E-state index in [1.807, 2.05) is 0 Å². The second-order valence-electron chi connectivity index (χ2n) is 4.66. The van der Waals surface area contributed by atoms with E-state index >= 15 is 0 Å². The average molecular weight is 263 g/mol. The van der Waals surface area contributed by atoms with Crippen molar-refractivity contribution in [1.29, 1.82) is 0 Å². The Kier molecular flexibility index (Phi) is 4.42. The molecule has 1 saturated carbocycles. The number of benzene rings is 1. The van der Waals surface area contributed by atoms with Gasteiger partial charge in [-0.2, -0.15) is 0 Å². The minimum Gasteiger partial charge on any atom is -0.349 e. The zero-order chi connectivity index (χ0) is 13.0. The minimum absolute atomic E-state index is 0.167. The molecular weight excluding hydrogens is 246 g/mol. The first-order valence-corrected chi connectivity index (χ1v) is 6.76. The van der Waals surface area contributed by atoms with Crippen LogP contribution in [0.5, 0.6) is 0 Å². The van der Waals surface area contributed by atoms with Crippen LogP contribution in [0, 0.1) is 0 Å². The molecule has 3 nitrogen and oxygen atoms in total. The molecule has 1 amide bonds. The summed E-state index contributed by atoms with van der Waals surface area (Å²) in [7, 11) is 0. The Hall–Kier alpha value is -1.29. The smallest absolute Gasteiger partial charge is 0.252 e. The zero-order valence-corrected chi connectivity index (χ0v) is 11.1. The molecule has 0 bridgehead atoms. The first-order valence-electron chi connectivity index (χ1n) is 6.31. The molecule has 1 aliphatic rings. The van der Waals surface area contributed by atoms with Gasteiger partial charge in [-0.05, 0) is 25.0 Å². The maximum atomic E-state index is 12.1. The highest BCUT2D eigenvalue weighted by molar-refractivity contribution is 7.97. The van der Waals surface area contributed by atoms with Gasteiger partial charge < -0.3 is 5.32 Å². The van der Waals surface area contributed by atoms with Crippen LogP contribution in [0.25, 0.3) is 0 Å². The molecule has 96 valence electrons. The van der Waals surface area contributed by atoms with Crippen LogP contribution in [0.2, 0.25) is 0 Å². The van der Waals surface area contributed by atoms with E-state index in [4.69, 9.17) is 0 Å². The lowest BCUT2D eigenvalue weighted by Gasteiger charge is -2.23. The zero-order valence-electron chi connectivity index (χ0n) is 10.2. The Morgan fingerprint density at radius 2 is 1.67 bits per heavy atom. The molecule has 0 atom stereocenters. The van der Waals surface area contributed by atoms with E-state index in [1.54, 1.807) is 24.3 Å². The summed E-state index contributed by atoms with van der Waals surface area (Å²) in [5.41, 5.74) is 0.789. The predicted molar refractivity (Wildman–Crippen MR) is 74.1 cm³/mol. The van der Waals surface area contributed by atoms with Crippen LogP contribution in [0.3, 0.4) is 0 Å². The highest BCUT2D eigenvalue weighted by Gasteiger charge is 2.19. The highest BCUT2D eigenvalue weighted by Crippen LogP contribution is 2.18. The maximum absolute atomic E-state index is 12.1. The highest BCUT2D eigenvalue weighted by atomic mass is 32.1. The summed E-state index contributed by atoms with van der Waals surface area (Å²) in [6.07, 6.45) is 5.64. The van der Waals surface area contributed by atoms with Crippen molar-refractivity contribution < 1.29 is 9.59 Å². The summed E-state index contributed by atoms with van der Waals surface area (Å²) < 4.78 is 0. The van der Waals surface area contributed by atoms with Gasteiger partial charge in [-0.25, -0.2) is 0 Å². The molecule has 0 radical (unpaired) electrons. The molecule has 1 aromatic rings. The molecule has 4 heteroatoms. The van der Waals surface area contributed by atoms with Gasteiger partial charge in [0.1, 0.15) is 0 Å². The molecule has 1 aromatic carbocycles. The Bertz CT molecular complexity index is 453. The van der Waals surface area contributed by atoms with Crippen molar-refractivity contribution in [2.45, 2.75) is 38.1 Å². The second-order valence-corrected chi connectivity index (χ2v) is 5.07. The lowest BCUT2D eigenvalue weighted by atomic mass is 9.95. The molecule has 18 heavy (non-hydrogen) atoms. The van der Waals surface area contributed by atoms with E-state index in [-0.39, 0.29) is 17.1 Å². The third kappa shape index (κ3) is 3.13. The van der Waals surface area contributed by atoms with Crippen LogP contribution in [0.1, 0.15) is 52.8 Å². The van der Waals surface area contributed by atoms with Gasteiger partial charge in [0.25, 0.3) is 5.91 Å². The Labute approximate surface area is 112 Å². The standard InChI is InChI=1S/C14H17NO2S/c16-13(15-10-6-2-1-3-7-10)11-8-4-5-9-12(11)14(17)18/h4-5,8-10H,1-3,6-7H2,(H,15,16)(H,17,18). The summed E-state index contributed by atoms with van der Waals surface area (Å²) in [6.45, 7) is 0. The molecule has 0 heterocycles. The summed E-state index contributed by atoms with van der Waals surface area (Å²) in [5, 5.41) is 2.63.